The van der Waals surface area contributed by atoms with Crippen molar-refractivity contribution in [2.24, 2.45) is 0 Å². The first-order valence-electron chi connectivity index (χ1n) is 9.63. The van der Waals surface area contributed by atoms with Crippen molar-refractivity contribution < 1.29 is 4.74 Å². The lowest BCUT2D eigenvalue weighted by molar-refractivity contribution is 0.296. The Morgan fingerprint density at radius 2 is 1.41 bits per heavy atom. The van der Waals surface area contributed by atoms with Crippen molar-refractivity contribution in [2.45, 2.75) is 44.3 Å². The monoisotopic (exact) mass is 359 g/mol. The highest BCUT2D eigenvalue weighted by molar-refractivity contribution is 5.97. The zero-order chi connectivity index (χ0) is 19.1. The van der Waals surface area contributed by atoms with Crippen LogP contribution >= 0.6 is 0 Å². The highest BCUT2D eigenvalue weighted by atomic mass is 16.6. The van der Waals surface area contributed by atoms with Crippen LogP contribution in [0.25, 0.3) is 0 Å². The molecule has 4 heteroatoms. The number of nitrogens with one attached hydrogen (secondary N) is 1. The maximum atomic E-state index is 10.2. The van der Waals surface area contributed by atoms with E-state index in [2.05, 4.69) is 6.07 Å². The predicted octanol–water partition coefficient (Wildman–Crippen LogP) is 4.30. The molecule has 2 heterocycles. The van der Waals surface area contributed by atoms with E-state index in [-0.39, 0.29) is 0 Å². The fraction of sp³-hybridized carbons (Fsp3) is 0.391. The third-order valence-corrected chi connectivity index (χ3v) is 5.84. The topological polar surface area (TPSA) is 63.4 Å². The van der Waals surface area contributed by atoms with Gasteiger partial charge in [0, 0.05) is 13.1 Å². The molecule has 27 heavy (non-hydrogen) atoms. The lowest BCUT2D eigenvalue weighted by Crippen LogP contribution is -2.46. The second kappa shape index (κ2) is 6.51. The van der Waals surface area contributed by atoms with Crippen molar-refractivity contribution in [2.75, 3.05) is 13.1 Å². The number of epoxide rings is 1. The van der Waals surface area contributed by atoms with Crippen LogP contribution in [0.2, 0.25) is 0 Å². The van der Waals surface area contributed by atoms with Crippen LogP contribution in [0.3, 0.4) is 0 Å². The van der Waals surface area contributed by atoms with Gasteiger partial charge in [0.1, 0.15) is 11.9 Å². The quantitative estimate of drug-likeness (QED) is 0.505. The van der Waals surface area contributed by atoms with Gasteiger partial charge in [0.15, 0.2) is 5.60 Å². The summed E-state index contributed by atoms with van der Waals surface area (Å²) in [7, 11) is 0. The number of nitrogens with zero attached hydrogens (tertiary/aromatic N) is 2. The molecular formula is C23H25N3O. The number of likely N-dealkylation sites (tertiary alicyclic amines) is 1. The molecule has 1 atom stereocenters. The van der Waals surface area contributed by atoms with Gasteiger partial charge in [-0.15, -0.1) is 0 Å². The second-order valence-electron chi connectivity index (χ2n) is 7.70. The molecule has 1 unspecified atom stereocenters. The van der Waals surface area contributed by atoms with E-state index in [9.17, 15) is 5.26 Å². The van der Waals surface area contributed by atoms with Gasteiger partial charge in [0.25, 0.3) is 0 Å². The Morgan fingerprint density at radius 1 is 0.926 bits per heavy atom. The summed E-state index contributed by atoms with van der Waals surface area (Å²) in [6, 6.07) is 18.6. The molecule has 4 rings (SSSR count). The second-order valence-corrected chi connectivity index (χ2v) is 7.70. The summed E-state index contributed by atoms with van der Waals surface area (Å²) in [6.07, 6.45) is 3.31. The van der Waals surface area contributed by atoms with E-state index in [1.807, 2.05) is 67.3 Å². The summed E-state index contributed by atoms with van der Waals surface area (Å²) in [5.74, 6) is 0.297. The number of nitriles is 1. The predicted molar refractivity (Wildman–Crippen MR) is 106 cm³/mol. The van der Waals surface area contributed by atoms with Gasteiger partial charge >= 0.3 is 0 Å². The van der Waals surface area contributed by atoms with Crippen molar-refractivity contribution in [3.63, 3.8) is 0 Å². The van der Waals surface area contributed by atoms with E-state index in [0.29, 0.717) is 5.84 Å². The Morgan fingerprint density at radius 3 is 1.85 bits per heavy atom. The highest BCUT2D eigenvalue weighted by Crippen LogP contribution is 2.60. The molecule has 0 spiro atoms. The van der Waals surface area contributed by atoms with Gasteiger partial charge in [-0.1, -0.05) is 59.7 Å². The molecule has 2 aliphatic heterocycles. The molecule has 1 N–H and O–H groups in total. The molecule has 0 bridgehead atoms. The fourth-order valence-electron chi connectivity index (χ4n) is 4.18. The molecule has 0 radical (unpaired) electrons. The molecule has 2 fully saturated rings. The Balaban J connectivity index is 1.82. The number of ether oxygens (including phenoxy) is 1. The molecule has 2 aromatic carbocycles. The van der Waals surface area contributed by atoms with E-state index < -0.39 is 11.2 Å². The summed E-state index contributed by atoms with van der Waals surface area (Å²) in [6.45, 7) is 5.74. The molecule has 0 aromatic heterocycles. The fourth-order valence-corrected chi connectivity index (χ4v) is 4.18. The number of aryl methyl sites for hydroxylation is 2. The van der Waals surface area contributed by atoms with Crippen LogP contribution in [0.15, 0.2) is 48.5 Å². The van der Waals surface area contributed by atoms with Crippen LogP contribution in [-0.4, -0.2) is 29.4 Å². The molecule has 2 saturated heterocycles. The Labute approximate surface area is 160 Å². The number of hydrogen-bond donors (Lipinski definition) is 1. The SMILES string of the molecule is Cc1ccc(C2(c3ccc(C)cc3)OC2(C#N)C(=N)N2CCCCC2)cc1. The molecule has 4 nitrogen and oxygen atoms in total. The largest absolute Gasteiger partial charge is 0.357 e. The minimum absolute atomic E-state index is 0.297. The summed E-state index contributed by atoms with van der Waals surface area (Å²) in [4.78, 5) is 2.02. The first-order valence-corrected chi connectivity index (χ1v) is 9.63. The zero-order valence-corrected chi connectivity index (χ0v) is 16.0. The van der Waals surface area contributed by atoms with Crippen LogP contribution in [0, 0.1) is 30.6 Å². The molecule has 0 saturated carbocycles. The van der Waals surface area contributed by atoms with Crippen molar-refractivity contribution in [3.8, 4) is 6.07 Å². The minimum Gasteiger partial charge on any atom is -0.357 e. The Kier molecular flexibility index (Phi) is 4.28. The molecule has 2 aliphatic rings. The van der Waals surface area contributed by atoms with Crippen LogP contribution in [0.5, 0.6) is 0 Å². The first-order chi connectivity index (χ1) is 13.0. The van der Waals surface area contributed by atoms with Crippen molar-refractivity contribution >= 4 is 5.84 Å². The Hall–Kier alpha value is -2.64. The number of piperidine rings is 1. The standard InChI is InChI=1S/C23H25N3O/c1-17-6-10-19(11-7-17)23(20-12-8-18(2)9-13-20)22(16-24,27-23)21(25)26-14-4-3-5-15-26/h6-13,25H,3-5,14-15H2,1-2H3. The van der Waals surface area contributed by atoms with Crippen LogP contribution < -0.4 is 0 Å². The average molecular weight is 359 g/mol. The van der Waals surface area contributed by atoms with E-state index in [1.165, 1.54) is 6.42 Å². The van der Waals surface area contributed by atoms with Gasteiger partial charge in [-0.2, -0.15) is 5.26 Å². The molecule has 138 valence electrons. The smallest absolute Gasteiger partial charge is 0.250 e. The van der Waals surface area contributed by atoms with Crippen LogP contribution in [0.1, 0.15) is 41.5 Å². The van der Waals surface area contributed by atoms with E-state index in [0.717, 1.165) is 48.2 Å². The average Bonchev–Trinajstić information content (AvgIpc) is 3.40. The molecule has 0 aliphatic carbocycles. The van der Waals surface area contributed by atoms with Gasteiger partial charge in [-0.25, -0.2) is 0 Å². The summed E-state index contributed by atoms with van der Waals surface area (Å²) in [5.41, 5.74) is 1.99. The minimum atomic E-state index is -1.27. The summed E-state index contributed by atoms with van der Waals surface area (Å²) < 4.78 is 6.28. The normalized spacial score (nSPS) is 23.5. The van der Waals surface area contributed by atoms with Crippen molar-refractivity contribution in [1.82, 2.24) is 4.90 Å². The first kappa shape index (κ1) is 17.8. The van der Waals surface area contributed by atoms with Crippen LogP contribution in [-0.2, 0) is 10.3 Å². The van der Waals surface area contributed by atoms with E-state index >= 15 is 0 Å². The van der Waals surface area contributed by atoms with Crippen molar-refractivity contribution in [3.05, 3.63) is 70.8 Å². The molecular weight excluding hydrogens is 334 g/mol. The van der Waals surface area contributed by atoms with Gasteiger partial charge in [-0.3, -0.25) is 5.41 Å². The molecule has 2 aromatic rings. The lowest BCUT2D eigenvalue weighted by atomic mass is 9.79. The maximum Gasteiger partial charge on any atom is 0.250 e. The third-order valence-electron chi connectivity index (χ3n) is 5.84. The maximum absolute atomic E-state index is 10.2. The number of rotatable bonds is 3. The highest BCUT2D eigenvalue weighted by Gasteiger charge is 2.76. The summed E-state index contributed by atoms with van der Waals surface area (Å²) >= 11 is 0. The number of hydrogen-bond acceptors (Lipinski definition) is 3. The van der Waals surface area contributed by atoms with Crippen LogP contribution in [0.4, 0.5) is 0 Å². The summed E-state index contributed by atoms with van der Waals surface area (Å²) in [5, 5.41) is 19.0. The van der Waals surface area contributed by atoms with Gasteiger partial charge in [0.05, 0.1) is 0 Å². The van der Waals surface area contributed by atoms with Gasteiger partial charge in [-0.05, 0) is 44.2 Å². The van der Waals surface area contributed by atoms with E-state index in [1.54, 1.807) is 0 Å². The Bertz CT molecular complexity index is 843. The van der Waals surface area contributed by atoms with E-state index in [4.69, 9.17) is 10.1 Å². The van der Waals surface area contributed by atoms with Crippen molar-refractivity contribution in [1.29, 1.82) is 10.7 Å². The number of amidine groups is 1. The molecule has 0 amide bonds. The third kappa shape index (κ3) is 2.65. The number of benzene rings is 2. The lowest BCUT2D eigenvalue weighted by Gasteiger charge is -2.31. The van der Waals surface area contributed by atoms with Gasteiger partial charge < -0.3 is 9.64 Å². The van der Waals surface area contributed by atoms with Gasteiger partial charge in [0.2, 0.25) is 5.60 Å². The zero-order valence-electron chi connectivity index (χ0n) is 16.0.